The molecule has 0 aliphatic rings. The van der Waals surface area contributed by atoms with Crippen LogP contribution in [0.25, 0.3) is 0 Å². The van der Waals surface area contributed by atoms with Crippen LogP contribution in [0, 0.1) is 11.3 Å². The second kappa shape index (κ2) is 7.39. The molecule has 1 rings (SSSR count). The normalized spacial score (nSPS) is 10.4. The fourth-order valence-corrected chi connectivity index (χ4v) is 1.04. The average molecular weight is 261 g/mol. The van der Waals surface area contributed by atoms with Gasteiger partial charge in [0.15, 0.2) is 0 Å². The number of hydrogen-bond acceptors (Lipinski definition) is 6. The van der Waals surface area contributed by atoms with E-state index in [9.17, 15) is 9.59 Å². The first kappa shape index (κ1) is 14.1. The van der Waals surface area contributed by atoms with Crippen molar-refractivity contribution in [2.45, 2.75) is 6.42 Å². The maximum Gasteiger partial charge on any atom is 0.305 e. The van der Waals surface area contributed by atoms with Crippen LogP contribution in [-0.4, -0.2) is 33.5 Å². The molecule has 1 heterocycles. The summed E-state index contributed by atoms with van der Waals surface area (Å²) >= 11 is 0. The van der Waals surface area contributed by atoms with Crippen molar-refractivity contribution in [1.29, 1.82) is 5.26 Å². The topological polar surface area (TPSA) is 128 Å². The lowest BCUT2D eigenvalue weighted by Crippen LogP contribution is -2.27. The predicted molar refractivity (Wildman–Crippen MR) is 64.6 cm³/mol. The summed E-state index contributed by atoms with van der Waals surface area (Å²) in [5, 5.41) is 22.1. The third-order valence-corrected chi connectivity index (χ3v) is 1.90. The highest BCUT2D eigenvalue weighted by Gasteiger charge is 2.08. The summed E-state index contributed by atoms with van der Waals surface area (Å²) < 4.78 is 0. The van der Waals surface area contributed by atoms with Crippen molar-refractivity contribution in [3.8, 4) is 6.07 Å². The molecule has 0 aromatic carbocycles. The minimum atomic E-state index is -1.03. The molecular formula is C11H11N5O3. The van der Waals surface area contributed by atoms with Gasteiger partial charge in [-0.3, -0.25) is 9.59 Å². The smallest absolute Gasteiger partial charge is 0.305 e. The lowest BCUT2D eigenvalue weighted by molar-refractivity contribution is -0.136. The molecule has 8 heteroatoms. The van der Waals surface area contributed by atoms with Crippen molar-refractivity contribution in [2.75, 3.05) is 11.9 Å². The standard InChI is InChI=1S/C11H11N5O3/c12-6-8(10(19)13-5-2-9(17)18)7-16-11-14-3-1-4-15-11/h1,3-4,7H,2,5H2,(H,13,19)(H,17,18)(H,14,15,16)/b8-7-. The second-order valence-electron chi connectivity index (χ2n) is 3.29. The van der Waals surface area contributed by atoms with Crippen molar-refractivity contribution in [3.05, 3.63) is 30.2 Å². The predicted octanol–water partition coefficient (Wildman–Crippen LogP) is -0.113. The Morgan fingerprint density at radius 1 is 1.42 bits per heavy atom. The molecule has 0 saturated heterocycles. The van der Waals surface area contributed by atoms with Crippen LogP contribution >= 0.6 is 0 Å². The Bertz CT molecular complexity index is 521. The van der Waals surface area contributed by atoms with Crippen LogP contribution in [0.3, 0.4) is 0 Å². The zero-order valence-electron chi connectivity index (χ0n) is 9.83. The summed E-state index contributed by atoms with van der Waals surface area (Å²) in [5.41, 5.74) is -0.196. The van der Waals surface area contributed by atoms with Crippen LogP contribution in [0.1, 0.15) is 6.42 Å². The minimum absolute atomic E-state index is 0.0466. The van der Waals surface area contributed by atoms with Crippen molar-refractivity contribution in [3.63, 3.8) is 0 Å². The maximum atomic E-state index is 11.5. The number of rotatable bonds is 6. The Balaban J connectivity index is 2.55. The van der Waals surface area contributed by atoms with Gasteiger partial charge < -0.3 is 15.7 Å². The summed E-state index contributed by atoms with van der Waals surface area (Å²) in [6.07, 6.45) is 3.95. The highest BCUT2D eigenvalue weighted by molar-refractivity contribution is 5.97. The number of aromatic nitrogens is 2. The number of nitrogens with zero attached hydrogens (tertiary/aromatic N) is 3. The lowest BCUT2D eigenvalue weighted by Gasteiger charge is -2.02. The molecule has 0 bridgehead atoms. The van der Waals surface area contributed by atoms with Crippen LogP contribution in [0.4, 0.5) is 5.95 Å². The fraction of sp³-hybridized carbons (Fsp3) is 0.182. The molecular weight excluding hydrogens is 250 g/mol. The first-order valence-corrected chi connectivity index (χ1v) is 5.27. The number of carboxylic acid groups (broad SMARTS) is 1. The van der Waals surface area contributed by atoms with E-state index in [0.717, 1.165) is 6.20 Å². The van der Waals surface area contributed by atoms with Gasteiger partial charge in [-0.15, -0.1) is 0 Å². The van der Waals surface area contributed by atoms with Gasteiger partial charge in [-0.2, -0.15) is 5.26 Å². The molecule has 0 aliphatic heterocycles. The largest absolute Gasteiger partial charge is 0.481 e. The van der Waals surface area contributed by atoms with E-state index in [4.69, 9.17) is 10.4 Å². The van der Waals surface area contributed by atoms with Crippen molar-refractivity contribution in [2.24, 2.45) is 0 Å². The lowest BCUT2D eigenvalue weighted by atomic mass is 10.3. The number of amides is 1. The van der Waals surface area contributed by atoms with E-state index in [1.807, 2.05) is 0 Å². The zero-order chi connectivity index (χ0) is 14.1. The average Bonchev–Trinajstić information content (AvgIpc) is 2.40. The number of carbonyl (C=O) groups excluding carboxylic acids is 1. The number of anilines is 1. The van der Waals surface area contributed by atoms with E-state index in [1.54, 1.807) is 12.1 Å². The number of carbonyl (C=O) groups is 2. The SMILES string of the molecule is N#C/C(=C/Nc1ncccn1)C(=O)NCCC(=O)O. The van der Waals surface area contributed by atoms with Crippen LogP contribution in [0.2, 0.25) is 0 Å². The molecule has 1 aromatic rings. The highest BCUT2D eigenvalue weighted by Crippen LogP contribution is 1.97. The van der Waals surface area contributed by atoms with Gasteiger partial charge in [0.1, 0.15) is 11.6 Å². The molecule has 0 unspecified atom stereocenters. The first-order valence-electron chi connectivity index (χ1n) is 5.27. The number of nitrogens with one attached hydrogen (secondary N) is 2. The van der Waals surface area contributed by atoms with Crippen LogP contribution in [0.5, 0.6) is 0 Å². The van der Waals surface area contributed by atoms with E-state index < -0.39 is 11.9 Å². The molecule has 19 heavy (non-hydrogen) atoms. The second-order valence-corrected chi connectivity index (χ2v) is 3.29. The molecule has 0 spiro atoms. The van der Waals surface area contributed by atoms with E-state index in [0.29, 0.717) is 0 Å². The van der Waals surface area contributed by atoms with Gasteiger partial charge in [-0.25, -0.2) is 9.97 Å². The van der Waals surface area contributed by atoms with Gasteiger partial charge in [0, 0.05) is 25.1 Å². The molecule has 98 valence electrons. The maximum absolute atomic E-state index is 11.5. The highest BCUT2D eigenvalue weighted by atomic mass is 16.4. The summed E-state index contributed by atoms with van der Waals surface area (Å²) in [6.45, 7) is -0.0466. The molecule has 8 nitrogen and oxygen atoms in total. The molecule has 0 atom stereocenters. The molecule has 1 aromatic heterocycles. The molecule has 0 fully saturated rings. The quantitative estimate of drug-likeness (QED) is 0.481. The summed E-state index contributed by atoms with van der Waals surface area (Å²) in [7, 11) is 0. The fourth-order valence-electron chi connectivity index (χ4n) is 1.04. The number of carboxylic acids is 1. The van der Waals surface area contributed by atoms with Crippen molar-refractivity contribution < 1.29 is 14.7 Å². The van der Waals surface area contributed by atoms with E-state index >= 15 is 0 Å². The molecule has 0 aliphatic carbocycles. The third-order valence-electron chi connectivity index (χ3n) is 1.90. The molecule has 1 amide bonds. The van der Waals surface area contributed by atoms with Gasteiger partial charge in [0.05, 0.1) is 6.42 Å². The summed E-state index contributed by atoms with van der Waals surface area (Å²) in [5.74, 6) is -1.45. The minimum Gasteiger partial charge on any atom is -0.481 e. The number of hydrogen-bond donors (Lipinski definition) is 3. The Morgan fingerprint density at radius 3 is 2.68 bits per heavy atom. The van der Waals surface area contributed by atoms with Gasteiger partial charge >= 0.3 is 5.97 Å². The van der Waals surface area contributed by atoms with E-state index in [-0.39, 0.29) is 24.5 Å². The number of nitriles is 1. The van der Waals surface area contributed by atoms with Gasteiger partial charge in [-0.1, -0.05) is 0 Å². The zero-order valence-corrected chi connectivity index (χ0v) is 9.83. The van der Waals surface area contributed by atoms with Gasteiger partial charge in [0.25, 0.3) is 5.91 Å². The van der Waals surface area contributed by atoms with E-state index in [1.165, 1.54) is 12.4 Å². The monoisotopic (exact) mass is 261 g/mol. The molecule has 0 saturated carbocycles. The summed E-state index contributed by atoms with van der Waals surface area (Å²) in [4.78, 5) is 29.5. The molecule has 0 radical (unpaired) electrons. The van der Waals surface area contributed by atoms with Crippen LogP contribution in [0.15, 0.2) is 30.2 Å². The molecule has 3 N–H and O–H groups in total. The van der Waals surface area contributed by atoms with Gasteiger partial charge in [-0.05, 0) is 6.07 Å². The van der Waals surface area contributed by atoms with Crippen LogP contribution in [-0.2, 0) is 9.59 Å². The van der Waals surface area contributed by atoms with E-state index in [2.05, 4.69) is 20.6 Å². The number of aliphatic carboxylic acids is 1. The summed E-state index contributed by atoms with van der Waals surface area (Å²) in [6, 6.07) is 3.32. The van der Waals surface area contributed by atoms with Gasteiger partial charge in [0.2, 0.25) is 5.95 Å². The Kier molecular flexibility index (Phi) is 5.49. The Morgan fingerprint density at radius 2 is 2.11 bits per heavy atom. The van der Waals surface area contributed by atoms with Crippen molar-refractivity contribution >= 4 is 17.8 Å². The van der Waals surface area contributed by atoms with Crippen molar-refractivity contribution in [1.82, 2.24) is 15.3 Å². The Hall–Kier alpha value is -2.95. The first-order chi connectivity index (χ1) is 9.13. The van der Waals surface area contributed by atoms with Crippen LogP contribution < -0.4 is 10.6 Å². The third kappa shape index (κ3) is 5.27. The Labute approximate surface area is 108 Å².